The normalized spacial score (nSPS) is 14.3. The highest BCUT2D eigenvalue weighted by molar-refractivity contribution is 6.27. The van der Waals surface area contributed by atoms with Crippen molar-refractivity contribution in [3.63, 3.8) is 0 Å². The average molecular weight is 235 g/mol. The summed E-state index contributed by atoms with van der Waals surface area (Å²) in [7, 11) is 0. The molecule has 1 aliphatic rings. The SMILES string of the molecule is C1C[CH2][Al][O]C1.Cc1cccc(C(=O)O)c1. The fourth-order valence-corrected chi connectivity index (χ4v) is 2.31. The number of carbonyl (C=O) groups is 1. The van der Waals surface area contributed by atoms with Crippen molar-refractivity contribution in [3.05, 3.63) is 35.4 Å². The van der Waals surface area contributed by atoms with E-state index in [1.807, 2.05) is 13.0 Å². The van der Waals surface area contributed by atoms with Gasteiger partial charge in [0.25, 0.3) is 0 Å². The molecule has 0 atom stereocenters. The molecule has 0 bridgehead atoms. The van der Waals surface area contributed by atoms with Crippen LogP contribution in [0.3, 0.4) is 0 Å². The molecule has 1 aliphatic heterocycles. The highest BCUT2D eigenvalue weighted by atomic mass is 27.1. The minimum absolute atomic E-state index is 0.347. The van der Waals surface area contributed by atoms with Crippen LogP contribution >= 0.6 is 0 Å². The lowest BCUT2D eigenvalue weighted by Crippen LogP contribution is -2.06. The van der Waals surface area contributed by atoms with Gasteiger partial charge in [0, 0.05) is 6.61 Å². The van der Waals surface area contributed by atoms with Crippen LogP contribution in [0.5, 0.6) is 0 Å². The summed E-state index contributed by atoms with van der Waals surface area (Å²) in [5.74, 6) is -0.872. The third-order valence-corrected chi connectivity index (χ3v) is 3.33. The van der Waals surface area contributed by atoms with Crippen LogP contribution in [-0.2, 0) is 3.79 Å². The molecule has 1 fully saturated rings. The number of benzene rings is 1. The van der Waals surface area contributed by atoms with Crippen molar-refractivity contribution < 1.29 is 13.7 Å². The molecule has 0 unspecified atom stereocenters. The Hall–Kier alpha value is -0.818. The van der Waals surface area contributed by atoms with E-state index in [9.17, 15) is 4.79 Å². The number of aryl methyl sites for hydroxylation is 1. The number of rotatable bonds is 1. The van der Waals surface area contributed by atoms with Crippen LogP contribution in [0.1, 0.15) is 28.8 Å². The molecule has 0 spiro atoms. The zero-order valence-corrected chi connectivity index (χ0v) is 10.6. The molecular weight excluding hydrogens is 219 g/mol. The quantitative estimate of drug-likeness (QED) is 0.761. The van der Waals surface area contributed by atoms with E-state index in [0.29, 0.717) is 21.1 Å². The highest BCUT2D eigenvalue weighted by Gasteiger charge is 2.00. The molecule has 1 aromatic carbocycles. The van der Waals surface area contributed by atoms with Crippen molar-refractivity contribution in [3.8, 4) is 0 Å². The van der Waals surface area contributed by atoms with E-state index in [2.05, 4.69) is 0 Å². The fourth-order valence-electron chi connectivity index (χ4n) is 1.36. The first-order valence-corrected chi connectivity index (χ1v) is 6.72. The Morgan fingerprint density at radius 3 is 2.56 bits per heavy atom. The van der Waals surface area contributed by atoms with Gasteiger partial charge in [-0.3, -0.25) is 0 Å². The van der Waals surface area contributed by atoms with Gasteiger partial charge in [-0.15, -0.1) is 0 Å². The van der Waals surface area contributed by atoms with E-state index >= 15 is 0 Å². The monoisotopic (exact) mass is 235 g/mol. The van der Waals surface area contributed by atoms with Crippen molar-refractivity contribution in [2.24, 2.45) is 0 Å². The summed E-state index contributed by atoms with van der Waals surface area (Å²) in [6, 6.07) is 6.82. The lowest BCUT2D eigenvalue weighted by atomic mass is 10.1. The summed E-state index contributed by atoms with van der Waals surface area (Å²) in [4.78, 5) is 10.4. The highest BCUT2D eigenvalue weighted by Crippen LogP contribution is 2.02. The van der Waals surface area contributed by atoms with Gasteiger partial charge < -0.3 is 8.90 Å². The Balaban J connectivity index is 0.000000181. The van der Waals surface area contributed by atoms with Crippen LogP contribution in [-0.4, -0.2) is 33.2 Å². The van der Waals surface area contributed by atoms with Gasteiger partial charge >= 0.3 is 21.5 Å². The number of hydrogen-bond acceptors (Lipinski definition) is 2. The molecule has 4 heteroatoms. The topological polar surface area (TPSA) is 46.5 Å². The zero-order valence-electron chi connectivity index (χ0n) is 9.48. The molecule has 1 N–H and O–H groups in total. The number of hydrogen-bond donors (Lipinski definition) is 1. The smallest absolute Gasteiger partial charge is 0.423 e. The van der Waals surface area contributed by atoms with Gasteiger partial charge in [-0.2, -0.15) is 0 Å². The predicted molar refractivity (Wildman–Crippen MR) is 63.9 cm³/mol. The van der Waals surface area contributed by atoms with Gasteiger partial charge in [-0.1, -0.05) is 29.4 Å². The van der Waals surface area contributed by atoms with Crippen molar-refractivity contribution in [2.75, 3.05) is 6.61 Å². The first-order valence-electron chi connectivity index (χ1n) is 5.43. The molecular formula is C12H16AlO3. The Labute approximate surface area is 102 Å². The van der Waals surface area contributed by atoms with Crippen molar-refractivity contribution in [1.29, 1.82) is 0 Å². The van der Waals surface area contributed by atoms with Crippen LogP contribution in [0.15, 0.2) is 24.3 Å². The second-order valence-electron chi connectivity index (χ2n) is 3.71. The molecule has 0 aliphatic carbocycles. The molecule has 1 saturated heterocycles. The van der Waals surface area contributed by atoms with Gasteiger partial charge in [-0.25, -0.2) is 4.79 Å². The summed E-state index contributed by atoms with van der Waals surface area (Å²) >= 11 is 0.405. The van der Waals surface area contributed by atoms with Gasteiger partial charge in [0.2, 0.25) is 0 Å². The third kappa shape index (κ3) is 5.32. The maximum absolute atomic E-state index is 10.4. The van der Waals surface area contributed by atoms with Crippen molar-refractivity contribution in [1.82, 2.24) is 0 Å². The maximum Gasteiger partial charge on any atom is 0.423 e. The molecule has 2 rings (SSSR count). The molecule has 3 nitrogen and oxygen atoms in total. The van der Waals surface area contributed by atoms with Gasteiger partial charge in [0.15, 0.2) is 0 Å². The predicted octanol–water partition coefficient (Wildman–Crippen LogP) is 2.53. The van der Waals surface area contributed by atoms with Crippen molar-refractivity contribution >= 4 is 21.5 Å². The molecule has 1 radical (unpaired) electrons. The lowest BCUT2D eigenvalue weighted by Gasteiger charge is -2.07. The number of aromatic carboxylic acids is 1. The summed E-state index contributed by atoms with van der Waals surface area (Å²) in [5.41, 5.74) is 1.32. The van der Waals surface area contributed by atoms with Gasteiger partial charge in [0.05, 0.1) is 5.56 Å². The molecule has 0 amide bonds. The van der Waals surface area contributed by atoms with Crippen LogP contribution in [0, 0.1) is 6.92 Å². The van der Waals surface area contributed by atoms with Crippen LogP contribution in [0.25, 0.3) is 0 Å². The molecule has 1 heterocycles. The molecule has 16 heavy (non-hydrogen) atoms. The van der Waals surface area contributed by atoms with E-state index in [1.165, 1.54) is 18.1 Å². The van der Waals surface area contributed by atoms with Gasteiger partial charge in [0.1, 0.15) is 0 Å². The van der Waals surface area contributed by atoms with E-state index in [0.717, 1.165) is 12.2 Å². The molecule has 85 valence electrons. The van der Waals surface area contributed by atoms with E-state index in [4.69, 9.17) is 8.90 Å². The molecule has 0 saturated carbocycles. The fraction of sp³-hybridized carbons (Fsp3) is 0.417. The summed E-state index contributed by atoms with van der Waals surface area (Å²) < 4.78 is 5.15. The minimum atomic E-state index is -0.872. The van der Waals surface area contributed by atoms with E-state index in [1.54, 1.807) is 18.2 Å². The van der Waals surface area contributed by atoms with E-state index < -0.39 is 5.97 Å². The Morgan fingerprint density at radius 2 is 2.25 bits per heavy atom. The Kier molecular flexibility index (Phi) is 6.17. The minimum Gasteiger partial charge on any atom is -0.507 e. The summed E-state index contributed by atoms with van der Waals surface area (Å²) in [5, 5.41) is 9.87. The maximum atomic E-state index is 10.4. The number of carboxylic acid groups (broad SMARTS) is 1. The van der Waals surface area contributed by atoms with Crippen LogP contribution < -0.4 is 0 Å². The largest absolute Gasteiger partial charge is 0.507 e. The second kappa shape index (κ2) is 7.45. The van der Waals surface area contributed by atoms with Crippen LogP contribution in [0.2, 0.25) is 5.28 Å². The van der Waals surface area contributed by atoms with Gasteiger partial charge in [-0.05, 0) is 25.5 Å². The first kappa shape index (κ1) is 13.2. The first-order chi connectivity index (χ1) is 7.70. The lowest BCUT2D eigenvalue weighted by molar-refractivity contribution is 0.0697. The zero-order chi connectivity index (χ0) is 11.8. The summed E-state index contributed by atoms with van der Waals surface area (Å²) in [6.07, 6.45) is 2.71. The van der Waals surface area contributed by atoms with Crippen LogP contribution in [0.4, 0.5) is 0 Å². The standard InChI is InChI=1S/C8H8O2.C4H8O.Al/c1-6-3-2-4-7(5-6)8(9)10;1-2-3-4-5;/h2-5H,1H3,(H,9,10);1-4H2;/q;-1;+1. The Morgan fingerprint density at radius 1 is 1.44 bits per heavy atom. The molecule has 0 aromatic heterocycles. The van der Waals surface area contributed by atoms with Crippen molar-refractivity contribution in [2.45, 2.75) is 25.0 Å². The third-order valence-electron chi connectivity index (χ3n) is 2.22. The average Bonchev–Trinajstić information content (AvgIpc) is 2.32. The summed E-state index contributed by atoms with van der Waals surface area (Å²) in [6.45, 7) is 2.90. The van der Waals surface area contributed by atoms with E-state index in [-0.39, 0.29) is 0 Å². The second-order valence-corrected chi connectivity index (χ2v) is 4.95. The Bertz CT molecular complexity index is 323. The molecule has 1 aromatic rings. The number of carboxylic acids is 1.